The Morgan fingerprint density at radius 1 is 1.44 bits per heavy atom. The monoisotopic (exact) mass is 339 g/mol. The Balaban J connectivity index is 0.00000225. The highest BCUT2D eigenvalue weighted by molar-refractivity contribution is 14.0. The van der Waals surface area contributed by atoms with Crippen LogP contribution in [-0.2, 0) is 6.54 Å². The third-order valence-electron chi connectivity index (χ3n) is 1.75. The van der Waals surface area contributed by atoms with Crippen molar-refractivity contribution < 1.29 is 4.52 Å². The van der Waals surface area contributed by atoms with Crippen molar-refractivity contribution in [1.82, 2.24) is 20.8 Å². The average molecular weight is 339 g/mol. The molecule has 7 heteroatoms. The number of aromatic nitrogens is 2. The molecule has 0 aliphatic rings. The Morgan fingerprint density at radius 2 is 2.19 bits per heavy atom. The van der Waals surface area contributed by atoms with Gasteiger partial charge in [-0.25, -0.2) is 0 Å². The second kappa shape index (κ2) is 8.31. The largest absolute Gasteiger partial charge is 0.356 e. The maximum Gasteiger partial charge on any atom is 0.223 e. The average Bonchev–Trinajstić information content (AvgIpc) is 2.65. The lowest BCUT2D eigenvalue weighted by Gasteiger charge is -2.08. The van der Waals surface area contributed by atoms with Crippen LogP contribution in [0.4, 0.5) is 0 Å². The topological polar surface area (TPSA) is 75.3 Å². The molecule has 0 aliphatic heterocycles. The van der Waals surface area contributed by atoms with Crippen LogP contribution in [0.2, 0.25) is 0 Å². The van der Waals surface area contributed by atoms with Gasteiger partial charge < -0.3 is 15.2 Å². The summed E-state index contributed by atoms with van der Waals surface area (Å²) >= 11 is 0. The zero-order valence-electron chi connectivity index (χ0n) is 9.78. The predicted octanol–water partition coefficient (Wildman–Crippen LogP) is 1.07. The van der Waals surface area contributed by atoms with Gasteiger partial charge in [0.15, 0.2) is 11.8 Å². The van der Waals surface area contributed by atoms with Crippen LogP contribution in [0, 0.1) is 6.92 Å². The van der Waals surface area contributed by atoms with Crippen LogP contribution >= 0.6 is 24.0 Å². The molecule has 0 atom stereocenters. The van der Waals surface area contributed by atoms with Gasteiger partial charge in [-0.2, -0.15) is 4.98 Å². The number of hydrogen-bond donors (Lipinski definition) is 2. The lowest BCUT2D eigenvalue weighted by molar-refractivity contribution is 0.387. The Morgan fingerprint density at radius 3 is 2.69 bits per heavy atom. The van der Waals surface area contributed by atoms with Crippen LogP contribution in [0.5, 0.6) is 0 Å². The van der Waals surface area contributed by atoms with Crippen molar-refractivity contribution in [2.75, 3.05) is 13.6 Å². The zero-order chi connectivity index (χ0) is 11.1. The fourth-order valence-corrected chi connectivity index (χ4v) is 1.04. The highest BCUT2D eigenvalue weighted by atomic mass is 127. The van der Waals surface area contributed by atoms with E-state index >= 15 is 0 Å². The first-order valence-electron chi connectivity index (χ1n) is 5.00. The molecule has 2 N–H and O–H groups in total. The second-order valence-corrected chi connectivity index (χ2v) is 3.08. The molecule has 16 heavy (non-hydrogen) atoms. The number of halogens is 1. The van der Waals surface area contributed by atoms with Gasteiger partial charge in [0.25, 0.3) is 0 Å². The Labute approximate surface area is 112 Å². The predicted molar refractivity (Wildman–Crippen MR) is 72.9 cm³/mol. The van der Waals surface area contributed by atoms with Crippen molar-refractivity contribution in [3.05, 3.63) is 11.7 Å². The van der Waals surface area contributed by atoms with Crippen LogP contribution in [0.25, 0.3) is 0 Å². The van der Waals surface area contributed by atoms with Crippen molar-refractivity contribution in [3.8, 4) is 0 Å². The van der Waals surface area contributed by atoms with E-state index in [1.165, 1.54) is 0 Å². The van der Waals surface area contributed by atoms with Crippen LogP contribution in [0.3, 0.4) is 0 Å². The number of aliphatic imine (C=N–C) groups is 1. The number of aryl methyl sites for hydroxylation is 1. The second-order valence-electron chi connectivity index (χ2n) is 3.08. The van der Waals surface area contributed by atoms with Gasteiger partial charge in [0, 0.05) is 20.5 Å². The summed E-state index contributed by atoms with van der Waals surface area (Å²) < 4.78 is 4.85. The highest BCUT2D eigenvalue weighted by Crippen LogP contribution is 1.93. The van der Waals surface area contributed by atoms with Gasteiger partial charge in [0.1, 0.15) is 0 Å². The minimum Gasteiger partial charge on any atom is -0.356 e. The molecule has 0 saturated carbocycles. The number of guanidine groups is 1. The van der Waals surface area contributed by atoms with E-state index in [2.05, 4.69) is 32.7 Å². The van der Waals surface area contributed by atoms with Crippen LogP contribution in [0.1, 0.15) is 25.1 Å². The van der Waals surface area contributed by atoms with Gasteiger partial charge in [-0.05, 0) is 6.42 Å². The molecule has 0 bridgehead atoms. The smallest absolute Gasteiger partial charge is 0.223 e. The molecule has 0 saturated heterocycles. The molecule has 1 heterocycles. The van der Waals surface area contributed by atoms with Crippen molar-refractivity contribution >= 4 is 29.9 Å². The summed E-state index contributed by atoms with van der Waals surface area (Å²) in [5.74, 6) is 1.95. The van der Waals surface area contributed by atoms with Crippen LogP contribution in [-0.4, -0.2) is 29.7 Å². The third kappa shape index (κ3) is 5.29. The maximum atomic E-state index is 4.85. The molecule has 0 radical (unpaired) electrons. The highest BCUT2D eigenvalue weighted by Gasteiger charge is 2.02. The summed E-state index contributed by atoms with van der Waals surface area (Å²) in [5, 5.41) is 10.0. The van der Waals surface area contributed by atoms with Crippen molar-refractivity contribution in [2.24, 2.45) is 4.99 Å². The van der Waals surface area contributed by atoms with E-state index < -0.39 is 0 Å². The van der Waals surface area contributed by atoms with E-state index in [0.29, 0.717) is 18.3 Å². The van der Waals surface area contributed by atoms with Gasteiger partial charge in [0.2, 0.25) is 5.89 Å². The van der Waals surface area contributed by atoms with Crippen molar-refractivity contribution in [3.63, 3.8) is 0 Å². The molecule has 1 aromatic rings. The van der Waals surface area contributed by atoms with E-state index in [4.69, 9.17) is 4.52 Å². The lowest BCUT2D eigenvalue weighted by atomic mass is 10.5. The number of rotatable bonds is 4. The Kier molecular flexibility index (Phi) is 7.86. The SMILES string of the molecule is CCCNC(=NC)NCc1noc(C)n1.I. The van der Waals surface area contributed by atoms with Gasteiger partial charge in [-0.1, -0.05) is 12.1 Å². The number of nitrogens with one attached hydrogen (secondary N) is 2. The maximum absolute atomic E-state index is 4.85. The van der Waals surface area contributed by atoms with E-state index in [1.807, 2.05) is 0 Å². The van der Waals surface area contributed by atoms with Crippen molar-refractivity contribution in [2.45, 2.75) is 26.8 Å². The van der Waals surface area contributed by atoms with Gasteiger partial charge >= 0.3 is 0 Å². The minimum absolute atomic E-state index is 0. The van der Waals surface area contributed by atoms with E-state index in [9.17, 15) is 0 Å². The van der Waals surface area contributed by atoms with Crippen molar-refractivity contribution in [1.29, 1.82) is 0 Å². The zero-order valence-corrected chi connectivity index (χ0v) is 12.1. The minimum atomic E-state index is 0. The van der Waals surface area contributed by atoms with Gasteiger partial charge in [-0.15, -0.1) is 24.0 Å². The summed E-state index contributed by atoms with van der Waals surface area (Å²) in [5.41, 5.74) is 0. The van der Waals surface area contributed by atoms with Crippen LogP contribution < -0.4 is 10.6 Å². The molecule has 0 spiro atoms. The first kappa shape index (κ1) is 15.1. The van der Waals surface area contributed by atoms with Gasteiger partial charge in [0.05, 0.1) is 6.54 Å². The summed E-state index contributed by atoms with van der Waals surface area (Å²) in [6.45, 7) is 5.27. The fraction of sp³-hybridized carbons (Fsp3) is 0.667. The molecule has 0 aliphatic carbocycles. The van der Waals surface area contributed by atoms with E-state index in [1.54, 1.807) is 14.0 Å². The summed E-state index contributed by atoms with van der Waals surface area (Å²) in [4.78, 5) is 8.13. The van der Waals surface area contributed by atoms with E-state index in [-0.39, 0.29) is 24.0 Å². The number of nitrogens with zero attached hydrogens (tertiary/aromatic N) is 3. The molecule has 1 rings (SSSR count). The molecule has 92 valence electrons. The summed E-state index contributed by atoms with van der Waals surface area (Å²) in [6.07, 6.45) is 1.06. The lowest BCUT2D eigenvalue weighted by Crippen LogP contribution is -2.37. The van der Waals surface area contributed by atoms with Gasteiger partial charge in [-0.3, -0.25) is 4.99 Å². The first-order valence-corrected chi connectivity index (χ1v) is 5.00. The van der Waals surface area contributed by atoms with E-state index in [0.717, 1.165) is 18.9 Å². The molecule has 0 aromatic carbocycles. The summed E-state index contributed by atoms with van der Waals surface area (Å²) in [6, 6.07) is 0. The Bertz CT molecular complexity index is 325. The first-order chi connectivity index (χ1) is 7.26. The van der Waals surface area contributed by atoms with Crippen LogP contribution in [0.15, 0.2) is 9.52 Å². The molecule has 1 aromatic heterocycles. The molecule has 0 unspecified atom stereocenters. The summed E-state index contributed by atoms with van der Waals surface area (Å²) in [7, 11) is 1.73. The third-order valence-corrected chi connectivity index (χ3v) is 1.75. The Hall–Kier alpha value is -0.860. The fourth-order valence-electron chi connectivity index (χ4n) is 1.04. The molecule has 0 amide bonds. The molecular weight excluding hydrogens is 321 g/mol. The normalized spacial score (nSPS) is 10.8. The molecule has 0 fully saturated rings. The number of hydrogen-bond acceptors (Lipinski definition) is 4. The molecule has 6 nitrogen and oxygen atoms in total. The quantitative estimate of drug-likeness (QED) is 0.488. The molecular formula is C9H18IN5O. The standard InChI is InChI=1S/C9H17N5O.HI/c1-4-5-11-9(10-3)12-6-8-13-7(2)15-14-8;/h4-6H2,1-3H3,(H2,10,11,12);1H.